The molecule has 0 saturated carbocycles. The maximum Gasteiger partial charge on any atom is 0.416 e. The molecule has 2 aromatic rings. The highest BCUT2D eigenvalue weighted by atomic mass is 79.9. The molecule has 0 radical (unpaired) electrons. The van der Waals surface area contributed by atoms with Gasteiger partial charge in [-0.15, -0.1) is 0 Å². The van der Waals surface area contributed by atoms with E-state index < -0.39 is 29.8 Å². The second-order valence-corrected chi connectivity index (χ2v) is 4.66. The molecule has 0 bridgehead atoms. The molecule has 0 saturated heterocycles. The first-order valence-electron chi connectivity index (χ1n) is 5.19. The molecule has 5 nitrogen and oxygen atoms in total. The van der Waals surface area contributed by atoms with Gasteiger partial charge in [0.25, 0.3) is 5.56 Å². The Morgan fingerprint density at radius 1 is 1.35 bits per heavy atom. The molecule has 0 aliphatic heterocycles. The first kappa shape index (κ1) is 14.5. The summed E-state index contributed by atoms with van der Waals surface area (Å²) in [6.07, 6.45) is -4.54. The lowest BCUT2D eigenvalue weighted by Gasteiger charge is -2.09. The number of aliphatic carboxylic acids is 1. The molecule has 0 aliphatic carbocycles. The fraction of sp³-hybridized carbons (Fsp3) is 0.182. The largest absolute Gasteiger partial charge is 0.480 e. The van der Waals surface area contributed by atoms with E-state index >= 15 is 0 Å². The normalized spacial score (nSPS) is 11.8. The lowest BCUT2D eigenvalue weighted by atomic mass is 10.1. The molecule has 9 heteroatoms. The van der Waals surface area contributed by atoms with Crippen molar-refractivity contribution in [3.8, 4) is 0 Å². The van der Waals surface area contributed by atoms with E-state index in [1.54, 1.807) is 0 Å². The Morgan fingerprint density at radius 3 is 2.55 bits per heavy atom. The van der Waals surface area contributed by atoms with E-state index in [1.165, 1.54) is 0 Å². The van der Waals surface area contributed by atoms with Gasteiger partial charge in [-0.2, -0.15) is 18.3 Å². The number of alkyl halides is 3. The van der Waals surface area contributed by atoms with Crippen LogP contribution in [0.5, 0.6) is 0 Å². The highest BCUT2D eigenvalue weighted by Gasteiger charge is 2.31. The first-order chi connectivity index (χ1) is 9.20. The van der Waals surface area contributed by atoms with Gasteiger partial charge in [-0.25, -0.2) is 4.68 Å². The summed E-state index contributed by atoms with van der Waals surface area (Å²) in [6, 6.07) is 2.56. The van der Waals surface area contributed by atoms with Gasteiger partial charge in [0.05, 0.1) is 10.9 Å². The van der Waals surface area contributed by atoms with Gasteiger partial charge in [0, 0.05) is 5.39 Å². The number of carboxylic acids is 1. The van der Waals surface area contributed by atoms with Crippen molar-refractivity contribution in [1.29, 1.82) is 0 Å². The van der Waals surface area contributed by atoms with Crippen LogP contribution in [0, 0.1) is 0 Å². The first-order valence-corrected chi connectivity index (χ1v) is 5.99. The highest BCUT2D eigenvalue weighted by molar-refractivity contribution is 9.10. The van der Waals surface area contributed by atoms with Gasteiger partial charge in [0.1, 0.15) is 11.1 Å². The molecule has 1 N–H and O–H groups in total. The number of halogens is 4. The number of aromatic nitrogens is 2. The van der Waals surface area contributed by atoms with Gasteiger partial charge in [0.15, 0.2) is 0 Å². The number of rotatable bonds is 2. The maximum absolute atomic E-state index is 12.6. The zero-order valence-corrected chi connectivity index (χ0v) is 11.2. The predicted octanol–water partition coefficient (Wildman–Crippen LogP) is 2.26. The topological polar surface area (TPSA) is 72.2 Å². The fourth-order valence-corrected chi connectivity index (χ4v) is 2.18. The molecule has 1 aromatic heterocycles. The van der Waals surface area contributed by atoms with Gasteiger partial charge in [-0.05, 0) is 34.1 Å². The van der Waals surface area contributed by atoms with Crippen molar-refractivity contribution < 1.29 is 23.1 Å². The third-order valence-corrected chi connectivity index (χ3v) is 3.11. The van der Waals surface area contributed by atoms with Gasteiger partial charge >= 0.3 is 12.1 Å². The highest BCUT2D eigenvalue weighted by Crippen LogP contribution is 2.32. The molecule has 0 spiro atoms. The summed E-state index contributed by atoms with van der Waals surface area (Å²) in [5, 5.41) is 12.2. The molecular weight excluding hydrogens is 345 g/mol. The number of nitrogens with zero attached hydrogens (tertiary/aromatic N) is 2. The molecule has 0 amide bonds. The minimum absolute atomic E-state index is 0.0218. The zero-order chi connectivity index (χ0) is 15.1. The molecule has 0 fully saturated rings. The van der Waals surface area contributed by atoms with Crippen LogP contribution in [0.15, 0.2) is 27.6 Å². The standard InChI is InChI=1S/C11H6BrF3N2O3/c12-9-7-3-5(11(13,14)15)1-2-6(7)10(20)17(16-9)4-8(18)19/h1-3H,4H2,(H,18,19). The lowest BCUT2D eigenvalue weighted by Crippen LogP contribution is -2.27. The molecule has 1 heterocycles. The van der Waals surface area contributed by atoms with Crippen molar-refractivity contribution in [1.82, 2.24) is 9.78 Å². The molecular formula is C11H6BrF3N2O3. The third-order valence-electron chi connectivity index (χ3n) is 2.53. The van der Waals surface area contributed by atoms with Gasteiger partial charge in [0.2, 0.25) is 0 Å². The van der Waals surface area contributed by atoms with Crippen molar-refractivity contribution in [3.05, 3.63) is 38.7 Å². The Morgan fingerprint density at radius 2 is 2.00 bits per heavy atom. The molecule has 20 heavy (non-hydrogen) atoms. The summed E-state index contributed by atoms with van der Waals surface area (Å²) in [6.45, 7) is -0.672. The van der Waals surface area contributed by atoms with Gasteiger partial charge in [-0.1, -0.05) is 0 Å². The monoisotopic (exact) mass is 350 g/mol. The van der Waals surface area contributed by atoms with E-state index in [0.717, 1.165) is 18.2 Å². The third kappa shape index (κ3) is 2.67. The van der Waals surface area contributed by atoms with Crippen molar-refractivity contribution >= 4 is 32.7 Å². The quantitative estimate of drug-likeness (QED) is 0.901. The SMILES string of the molecule is O=C(O)Cn1nc(Br)c2cc(C(F)(F)F)ccc2c1=O. The second-order valence-electron chi connectivity index (χ2n) is 3.91. The van der Waals surface area contributed by atoms with Crippen LogP contribution in [0.4, 0.5) is 13.2 Å². The second kappa shape index (κ2) is 4.89. The summed E-state index contributed by atoms with van der Waals surface area (Å²) in [5.74, 6) is -1.28. The van der Waals surface area contributed by atoms with E-state index in [2.05, 4.69) is 21.0 Å². The average molecular weight is 351 g/mol. The van der Waals surface area contributed by atoms with E-state index in [4.69, 9.17) is 5.11 Å². The predicted molar refractivity (Wildman–Crippen MR) is 66.3 cm³/mol. The Kier molecular flexibility index (Phi) is 3.55. The van der Waals surface area contributed by atoms with Crippen LogP contribution < -0.4 is 5.56 Å². The minimum Gasteiger partial charge on any atom is -0.480 e. The summed E-state index contributed by atoms with van der Waals surface area (Å²) in [5.41, 5.74) is -1.68. The number of carbonyl (C=O) groups is 1. The Balaban J connectivity index is 2.72. The smallest absolute Gasteiger partial charge is 0.416 e. The Labute approximate surface area is 117 Å². The summed E-state index contributed by atoms with van der Waals surface area (Å²) in [4.78, 5) is 22.5. The van der Waals surface area contributed by atoms with Gasteiger partial charge < -0.3 is 5.11 Å². The van der Waals surface area contributed by atoms with Crippen molar-refractivity contribution in [3.63, 3.8) is 0 Å². The summed E-state index contributed by atoms with van der Waals surface area (Å²) in [7, 11) is 0. The van der Waals surface area contributed by atoms with E-state index in [0.29, 0.717) is 4.68 Å². The summed E-state index contributed by atoms with van der Waals surface area (Å²) >= 11 is 2.94. The van der Waals surface area contributed by atoms with E-state index in [1.807, 2.05) is 0 Å². The van der Waals surface area contributed by atoms with Crippen LogP contribution in [-0.2, 0) is 17.5 Å². The number of fused-ring (bicyclic) bond motifs is 1. The number of benzene rings is 1. The van der Waals surface area contributed by atoms with Crippen LogP contribution in [-0.4, -0.2) is 20.9 Å². The van der Waals surface area contributed by atoms with Crippen LogP contribution >= 0.6 is 15.9 Å². The van der Waals surface area contributed by atoms with Gasteiger partial charge in [-0.3, -0.25) is 9.59 Å². The minimum atomic E-state index is -4.54. The van der Waals surface area contributed by atoms with Crippen molar-refractivity contribution in [2.24, 2.45) is 0 Å². The lowest BCUT2D eigenvalue weighted by molar-refractivity contribution is -0.138. The van der Waals surface area contributed by atoms with Crippen LogP contribution in [0.3, 0.4) is 0 Å². The number of hydrogen-bond acceptors (Lipinski definition) is 3. The molecule has 0 aliphatic rings. The van der Waals surface area contributed by atoms with Crippen LogP contribution in [0.1, 0.15) is 5.56 Å². The van der Waals surface area contributed by atoms with Crippen molar-refractivity contribution in [2.75, 3.05) is 0 Å². The molecule has 0 unspecified atom stereocenters. The number of hydrogen-bond donors (Lipinski definition) is 1. The molecule has 1 aromatic carbocycles. The van der Waals surface area contributed by atoms with Crippen molar-refractivity contribution in [2.45, 2.75) is 12.7 Å². The van der Waals surface area contributed by atoms with E-state index in [9.17, 15) is 22.8 Å². The maximum atomic E-state index is 12.6. The Hall–Kier alpha value is -1.90. The fourth-order valence-electron chi connectivity index (χ4n) is 1.66. The van der Waals surface area contributed by atoms with E-state index in [-0.39, 0.29) is 15.4 Å². The zero-order valence-electron chi connectivity index (χ0n) is 9.61. The molecule has 0 atom stereocenters. The Bertz CT molecular complexity index is 755. The molecule has 106 valence electrons. The number of carboxylic acid groups (broad SMARTS) is 1. The molecule has 2 rings (SSSR count). The van der Waals surface area contributed by atoms with Crippen LogP contribution in [0.25, 0.3) is 10.8 Å². The summed E-state index contributed by atoms with van der Waals surface area (Å²) < 4.78 is 38.4. The van der Waals surface area contributed by atoms with Crippen LogP contribution in [0.2, 0.25) is 0 Å². The average Bonchev–Trinajstić information content (AvgIpc) is 2.33.